The first kappa shape index (κ1) is 23.0. The summed E-state index contributed by atoms with van der Waals surface area (Å²) in [6.45, 7) is 6.18. The minimum atomic E-state index is -0.395. The maximum Gasteiger partial charge on any atom is 0.341 e. The normalized spacial score (nSPS) is 16.8. The zero-order valence-corrected chi connectivity index (χ0v) is 19.5. The molecule has 0 bridgehead atoms. The summed E-state index contributed by atoms with van der Waals surface area (Å²) >= 11 is 0. The van der Waals surface area contributed by atoms with Crippen LogP contribution in [0.3, 0.4) is 0 Å². The van der Waals surface area contributed by atoms with Crippen LogP contribution in [0.2, 0.25) is 0 Å². The summed E-state index contributed by atoms with van der Waals surface area (Å²) in [6, 6.07) is 7.20. The summed E-state index contributed by atoms with van der Waals surface area (Å²) in [5.41, 5.74) is 2.48. The van der Waals surface area contributed by atoms with Crippen LogP contribution in [0.25, 0.3) is 5.69 Å². The summed E-state index contributed by atoms with van der Waals surface area (Å²) in [7, 11) is 0. The zero-order valence-electron chi connectivity index (χ0n) is 19.5. The summed E-state index contributed by atoms with van der Waals surface area (Å²) in [6.07, 6.45) is 6.97. The third-order valence-electron chi connectivity index (χ3n) is 6.72. The maximum absolute atomic E-state index is 13.0. The van der Waals surface area contributed by atoms with Crippen molar-refractivity contribution >= 4 is 17.8 Å². The van der Waals surface area contributed by atoms with Crippen molar-refractivity contribution in [1.29, 1.82) is 0 Å². The molecule has 0 radical (unpaired) electrons. The van der Waals surface area contributed by atoms with E-state index in [1.807, 2.05) is 28.9 Å². The van der Waals surface area contributed by atoms with Crippen LogP contribution in [0.15, 0.2) is 30.5 Å². The van der Waals surface area contributed by atoms with Crippen molar-refractivity contribution in [2.75, 3.05) is 32.8 Å². The molecule has 1 saturated heterocycles. The number of carbonyl (C=O) groups is 3. The number of esters is 1. The van der Waals surface area contributed by atoms with E-state index in [1.54, 1.807) is 23.7 Å². The average molecular weight is 453 g/mol. The van der Waals surface area contributed by atoms with Crippen LogP contribution in [0, 0.1) is 12.8 Å². The maximum atomic E-state index is 13.0. The first-order valence-electron chi connectivity index (χ1n) is 11.9. The molecule has 1 aliphatic heterocycles. The molecule has 2 aromatic rings. The Hall–Kier alpha value is -3.16. The molecule has 0 unspecified atom stereocenters. The SMILES string of the molecule is CCOC(=O)c1cnn(-c2ccc(C(=O)N3CCN(C(=O)CC4CCCC4)CC3)cc2)c1C. The number of amides is 2. The Kier molecular flexibility index (Phi) is 7.11. The Morgan fingerprint density at radius 3 is 2.27 bits per heavy atom. The number of nitrogens with zero attached hydrogens (tertiary/aromatic N) is 4. The number of carbonyl (C=O) groups excluding carboxylic acids is 3. The molecule has 176 valence electrons. The van der Waals surface area contributed by atoms with E-state index in [2.05, 4.69) is 5.10 Å². The van der Waals surface area contributed by atoms with E-state index < -0.39 is 5.97 Å². The molecule has 8 heteroatoms. The first-order valence-corrected chi connectivity index (χ1v) is 11.9. The van der Waals surface area contributed by atoms with E-state index in [-0.39, 0.29) is 11.8 Å². The van der Waals surface area contributed by atoms with Crippen molar-refractivity contribution in [1.82, 2.24) is 19.6 Å². The standard InChI is InChI=1S/C25H32N4O4/c1-3-33-25(32)22-17-26-29(18(22)2)21-10-8-20(9-11-21)24(31)28-14-12-27(13-15-28)23(30)16-19-6-4-5-7-19/h8-11,17,19H,3-7,12-16H2,1-2H3. The Morgan fingerprint density at radius 1 is 1.00 bits per heavy atom. The van der Waals surface area contributed by atoms with Crippen LogP contribution in [0.5, 0.6) is 0 Å². The third-order valence-corrected chi connectivity index (χ3v) is 6.72. The highest BCUT2D eigenvalue weighted by Crippen LogP contribution is 2.28. The monoisotopic (exact) mass is 452 g/mol. The van der Waals surface area contributed by atoms with Gasteiger partial charge in [-0.1, -0.05) is 12.8 Å². The summed E-state index contributed by atoms with van der Waals surface area (Å²) in [5.74, 6) is 0.348. The minimum Gasteiger partial charge on any atom is -0.462 e. The number of aromatic nitrogens is 2. The van der Waals surface area contributed by atoms with E-state index >= 15 is 0 Å². The van der Waals surface area contributed by atoms with Crippen molar-refractivity contribution in [3.05, 3.63) is 47.3 Å². The second-order valence-electron chi connectivity index (χ2n) is 8.85. The molecule has 2 amide bonds. The summed E-state index contributed by atoms with van der Waals surface area (Å²) in [4.78, 5) is 41.3. The fourth-order valence-corrected chi connectivity index (χ4v) is 4.76. The summed E-state index contributed by atoms with van der Waals surface area (Å²) < 4.78 is 6.73. The number of hydrogen-bond donors (Lipinski definition) is 0. The Labute approximate surface area is 194 Å². The predicted octanol–water partition coefficient (Wildman–Crippen LogP) is 3.22. The van der Waals surface area contributed by atoms with Gasteiger partial charge in [-0.15, -0.1) is 0 Å². The molecule has 1 aromatic carbocycles. The van der Waals surface area contributed by atoms with Gasteiger partial charge in [-0.2, -0.15) is 5.10 Å². The molecule has 0 spiro atoms. The number of benzene rings is 1. The second-order valence-corrected chi connectivity index (χ2v) is 8.85. The van der Waals surface area contributed by atoms with Gasteiger partial charge in [-0.3, -0.25) is 9.59 Å². The lowest BCUT2D eigenvalue weighted by Crippen LogP contribution is -2.50. The van der Waals surface area contributed by atoms with E-state index in [4.69, 9.17) is 4.74 Å². The molecule has 0 atom stereocenters. The Balaban J connectivity index is 1.34. The molecule has 1 aliphatic carbocycles. The topological polar surface area (TPSA) is 84.7 Å². The lowest BCUT2D eigenvalue weighted by Gasteiger charge is -2.35. The Morgan fingerprint density at radius 2 is 1.64 bits per heavy atom. The van der Waals surface area contributed by atoms with Crippen LogP contribution in [0.1, 0.15) is 65.4 Å². The van der Waals surface area contributed by atoms with Crippen LogP contribution in [-0.2, 0) is 9.53 Å². The molecule has 2 aliphatic rings. The molecule has 2 fully saturated rings. The first-order chi connectivity index (χ1) is 16.0. The molecule has 1 aromatic heterocycles. The molecular formula is C25H32N4O4. The van der Waals surface area contributed by atoms with Crippen LogP contribution < -0.4 is 0 Å². The fourth-order valence-electron chi connectivity index (χ4n) is 4.76. The van der Waals surface area contributed by atoms with Gasteiger partial charge < -0.3 is 14.5 Å². The van der Waals surface area contributed by atoms with E-state index in [0.717, 1.165) is 5.69 Å². The lowest BCUT2D eigenvalue weighted by molar-refractivity contribution is -0.133. The molecule has 8 nitrogen and oxygen atoms in total. The van der Waals surface area contributed by atoms with Gasteiger partial charge >= 0.3 is 5.97 Å². The number of hydrogen-bond acceptors (Lipinski definition) is 5. The van der Waals surface area contributed by atoms with Crippen molar-refractivity contribution < 1.29 is 19.1 Å². The third kappa shape index (κ3) is 5.10. The zero-order chi connectivity index (χ0) is 23.4. The van der Waals surface area contributed by atoms with Gasteiger partial charge in [0.05, 0.1) is 24.2 Å². The second kappa shape index (κ2) is 10.2. The quantitative estimate of drug-likeness (QED) is 0.629. The van der Waals surface area contributed by atoms with Gasteiger partial charge in [0.15, 0.2) is 0 Å². The van der Waals surface area contributed by atoms with Crippen LogP contribution >= 0.6 is 0 Å². The van der Waals surface area contributed by atoms with Crippen molar-refractivity contribution in [2.45, 2.75) is 46.0 Å². The van der Waals surface area contributed by atoms with E-state index in [9.17, 15) is 14.4 Å². The van der Waals surface area contributed by atoms with Crippen LogP contribution in [0.4, 0.5) is 0 Å². The summed E-state index contributed by atoms with van der Waals surface area (Å²) in [5, 5.41) is 4.30. The highest BCUT2D eigenvalue weighted by Gasteiger charge is 2.27. The van der Waals surface area contributed by atoms with Crippen molar-refractivity contribution in [2.24, 2.45) is 5.92 Å². The molecule has 33 heavy (non-hydrogen) atoms. The largest absolute Gasteiger partial charge is 0.462 e. The van der Waals surface area contributed by atoms with Crippen molar-refractivity contribution in [3.8, 4) is 5.69 Å². The van der Waals surface area contributed by atoms with E-state index in [0.29, 0.717) is 61.9 Å². The minimum absolute atomic E-state index is 0.0335. The smallest absolute Gasteiger partial charge is 0.341 e. The van der Waals surface area contributed by atoms with Gasteiger partial charge in [-0.25, -0.2) is 9.48 Å². The van der Waals surface area contributed by atoms with Gasteiger partial charge in [0.2, 0.25) is 5.91 Å². The fraction of sp³-hybridized carbons (Fsp3) is 0.520. The number of piperazine rings is 1. The van der Waals surface area contributed by atoms with Gasteiger partial charge in [0, 0.05) is 38.2 Å². The van der Waals surface area contributed by atoms with Gasteiger partial charge in [0.1, 0.15) is 5.56 Å². The molecule has 1 saturated carbocycles. The molecule has 2 heterocycles. The van der Waals surface area contributed by atoms with E-state index in [1.165, 1.54) is 31.9 Å². The van der Waals surface area contributed by atoms with Gasteiger partial charge in [-0.05, 0) is 56.9 Å². The predicted molar refractivity (Wildman–Crippen MR) is 123 cm³/mol. The highest BCUT2D eigenvalue weighted by molar-refractivity contribution is 5.94. The molecular weight excluding hydrogens is 420 g/mol. The van der Waals surface area contributed by atoms with Crippen LogP contribution in [-0.4, -0.2) is 70.1 Å². The van der Waals surface area contributed by atoms with Crippen molar-refractivity contribution in [3.63, 3.8) is 0 Å². The van der Waals surface area contributed by atoms with Gasteiger partial charge in [0.25, 0.3) is 5.91 Å². The Bertz CT molecular complexity index is 1000. The molecule has 4 rings (SSSR count). The molecule has 0 N–H and O–H groups in total. The number of ether oxygens (including phenoxy) is 1. The average Bonchev–Trinajstić information content (AvgIpc) is 3.48. The highest BCUT2D eigenvalue weighted by atomic mass is 16.5. The lowest BCUT2D eigenvalue weighted by atomic mass is 10.0. The number of rotatable bonds is 6.